The molecule has 0 aliphatic carbocycles. The van der Waals surface area contributed by atoms with Crippen LogP contribution in [0.3, 0.4) is 0 Å². The zero-order valence-corrected chi connectivity index (χ0v) is 13.8. The Morgan fingerprint density at radius 2 is 2.00 bits per heavy atom. The van der Waals surface area contributed by atoms with Crippen molar-refractivity contribution in [1.29, 1.82) is 0 Å². The zero-order valence-electron chi connectivity index (χ0n) is 13.1. The first-order chi connectivity index (χ1) is 9.99. The van der Waals surface area contributed by atoms with E-state index in [4.69, 9.17) is 16.3 Å². The van der Waals surface area contributed by atoms with E-state index in [9.17, 15) is 4.79 Å². The molecule has 116 valence electrons. The second-order valence-corrected chi connectivity index (χ2v) is 6.55. The van der Waals surface area contributed by atoms with Crippen molar-refractivity contribution in [3.63, 3.8) is 0 Å². The molecule has 0 aromatic heterocycles. The number of ketones is 1. The van der Waals surface area contributed by atoms with Crippen LogP contribution in [-0.4, -0.2) is 36.9 Å². The third-order valence-corrected chi connectivity index (χ3v) is 4.16. The summed E-state index contributed by atoms with van der Waals surface area (Å²) in [5.41, 5.74) is 0.661. The van der Waals surface area contributed by atoms with E-state index < -0.39 is 0 Å². The molecule has 0 spiro atoms. The molecular weight excluding hydrogens is 286 g/mol. The van der Waals surface area contributed by atoms with Crippen LogP contribution in [0.1, 0.15) is 37.6 Å². The number of Topliss-reactive ketones (excluding diaryl/α,β-unsaturated/α-hetero) is 1. The molecule has 1 saturated heterocycles. The van der Waals surface area contributed by atoms with E-state index in [1.807, 2.05) is 6.92 Å². The van der Waals surface area contributed by atoms with Crippen molar-refractivity contribution in [3.8, 4) is 5.75 Å². The van der Waals surface area contributed by atoms with Gasteiger partial charge in [-0.25, -0.2) is 0 Å². The molecular formula is C17H24ClNO2. The van der Waals surface area contributed by atoms with E-state index in [1.54, 1.807) is 18.2 Å². The van der Waals surface area contributed by atoms with E-state index >= 15 is 0 Å². The molecule has 1 aromatic carbocycles. The summed E-state index contributed by atoms with van der Waals surface area (Å²) in [5.74, 6) is 2.08. The molecule has 2 rings (SSSR count). The lowest BCUT2D eigenvalue weighted by molar-refractivity contribution is 0.0849. The summed E-state index contributed by atoms with van der Waals surface area (Å²) in [6.07, 6.45) is 1.25. The SMILES string of the molecule is CCOc1ccc(C(=O)CN2CC(C)CC(C)C2)cc1Cl. The number of benzene rings is 1. The molecule has 21 heavy (non-hydrogen) atoms. The van der Waals surface area contributed by atoms with Crippen LogP contribution < -0.4 is 4.74 Å². The van der Waals surface area contributed by atoms with Crippen molar-refractivity contribution in [1.82, 2.24) is 4.90 Å². The van der Waals surface area contributed by atoms with Gasteiger partial charge in [0.25, 0.3) is 0 Å². The fraction of sp³-hybridized carbons (Fsp3) is 0.588. The number of carbonyl (C=O) groups excluding carboxylic acids is 1. The molecule has 1 aliphatic heterocycles. The van der Waals surface area contributed by atoms with Gasteiger partial charge >= 0.3 is 0 Å². The number of hydrogen-bond donors (Lipinski definition) is 0. The fourth-order valence-corrected chi connectivity index (χ4v) is 3.40. The molecule has 1 aromatic rings. The number of hydrogen-bond acceptors (Lipinski definition) is 3. The van der Waals surface area contributed by atoms with Crippen LogP contribution in [0.25, 0.3) is 0 Å². The first-order valence-corrected chi connectivity index (χ1v) is 8.05. The number of rotatable bonds is 5. The normalized spacial score (nSPS) is 23.0. The molecule has 1 heterocycles. The van der Waals surface area contributed by atoms with Crippen LogP contribution in [0.4, 0.5) is 0 Å². The summed E-state index contributed by atoms with van der Waals surface area (Å²) in [5, 5.41) is 0.503. The Labute approximate surface area is 132 Å². The summed E-state index contributed by atoms with van der Waals surface area (Å²) in [6, 6.07) is 5.29. The Hall–Kier alpha value is -1.06. The summed E-state index contributed by atoms with van der Waals surface area (Å²) in [7, 11) is 0. The number of ether oxygens (including phenoxy) is 1. The van der Waals surface area contributed by atoms with Gasteiger partial charge in [-0.2, -0.15) is 0 Å². The van der Waals surface area contributed by atoms with Gasteiger partial charge in [-0.3, -0.25) is 9.69 Å². The Bertz CT molecular complexity index is 494. The summed E-state index contributed by atoms with van der Waals surface area (Å²) in [4.78, 5) is 14.7. The van der Waals surface area contributed by atoms with Crippen LogP contribution in [0.2, 0.25) is 5.02 Å². The van der Waals surface area contributed by atoms with Gasteiger partial charge < -0.3 is 4.74 Å². The van der Waals surface area contributed by atoms with Crippen LogP contribution in [0.15, 0.2) is 18.2 Å². The highest BCUT2D eigenvalue weighted by molar-refractivity contribution is 6.32. The van der Waals surface area contributed by atoms with E-state index in [0.29, 0.717) is 41.3 Å². The van der Waals surface area contributed by atoms with Crippen molar-refractivity contribution >= 4 is 17.4 Å². The molecule has 3 nitrogen and oxygen atoms in total. The monoisotopic (exact) mass is 309 g/mol. The minimum Gasteiger partial charge on any atom is -0.492 e. The number of likely N-dealkylation sites (tertiary alicyclic amines) is 1. The molecule has 0 bridgehead atoms. The highest BCUT2D eigenvalue weighted by atomic mass is 35.5. The molecule has 4 heteroatoms. The van der Waals surface area contributed by atoms with E-state index in [0.717, 1.165) is 13.1 Å². The van der Waals surface area contributed by atoms with Crippen LogP contribution in [0, 0.1) is 11.8 Å². The number of nitrogens with zero attached hydrogens (tertiary/aromatic N) is 1. The third kappa shape index (κ3) is 4.45. The molecule has 1 fully saturated rings. The zero-order chi connectivity index (χ0) is 15.4. The number of halogens is 1. The van der Waals surface area contributed by atoms with Gasteiger partial charge in [0.2, 0.25) is 0 Å². The van der Waals surface area contributed by atoms with Crippen molar-refractivity contribution in [2.45, 2.75) is 27.2 Å². The molecule has 0 saturated carbocycles. The maximum absolute atomic E-state index is 12.4. The molecule has 1 aliphatic rings. The second-order valence-electron chi connectivity index (χ2n) is 6.14. The van der Waals surface area contributed by atoms with Gasteiger partial charge in [-0.15, -0.1) is 0 Å². The summed E-state index contributed by atoms with van der Waals surface area (Å²) < 4.78 is 5.40. The number of piperidine rings is 1. The Balaban J connectivity index is 2.01. The largest absolute Gasteiger partial charge is 0.492 e. The van der Waals surface area contributed by atoms with Crippen molar-refractivity contribution in [3.05, 3.63) is 28.8 Å². The van der Waals surface area contributed by atoms with Crippen LogP contribution in [-0.2, 0) is 0 Å². The van der Waals surface area contributed by atoms with E-state index in [2.05, 4.69) is 18.7 Å². The maximum Gasteiger partial charge on any atom is 0.176 e. The van der Waals surface area contributed by atoms with Crippen LogP contribution >= 0.6 is 11.6 Å². The quantitative estimate of drug-likeness (QED) is 0.773. The van der Waals surface area contributed by atoms with Gasteiger partial charge in [0.15, 0.2) is 5.78 Å². The second kappa shape index (κ2) is 7.28. The molecule has 0 amide bonds. The van der Waals surface area contributed by atoms with Crippen molar-refractivity contribution < 1.29 is 9.53 Å². The lowest BCUT2D eigenvalue weighted by atomic mass is 9.91. The maximum atomic E-state index is 12.4. The van der Waals surface area contributed by atoms with E-state index in [1.165, 1.54) is 6.42 Å². The fourth-order valence-electron chi connectivity index (χ4n) is 3.16. The summed E-state index contributed by atoms with van der Waals surface area (Å²) in [6.45, 7) is 9.45. The average Bonchev–Trinajstić information content (AvgIpc) is 2.40. The van der Waals surface area contributed by atoms with Gasteiger partial charge in [0, 0.05) is 18.7 Å². The molecule has 0 radical (unpaired) electrons. The van der Waals surface area contributed by atoms with Gasteiger partial charge in [-0.1, -0.05) is 25.4 Å². The summed E-state index contributed by atoms with van der Waals surface area (Å²) >= 11 is 6.15. The predicted molar refractivity (Wildman–Crippen MR) is 86.3 cm³/mol. The Kier molecular flexibility index (Phi) is 5.65. The lowest BCUT2D eigenvalue weighted by Gasteiger charge is -2.34. The molecule has 0 N–H and O–H groups in total. The van der Waals surface area contributed by atoms with Crippen molar-refractivity contribution in [2.24, 2.45) is 11.8 Å². The lowest BCUT2D eigenvalue weighted by Crippen LogP contribution is -2.41. The molecule has 2 unspecified atom stereocenters. The topological polar surface area (TPSA) is 29.5 Å². The smallest absolute Gasteiger partial charge is 0.176 e. The molecule has 2 atom stereocenters. The minimum atomic E-state index is 0.126. The average molecular weight is 310 g/mol. The van der Waals surface area contributed by atoms with Gasteiger partial charge in [0.1, 0.15) is 5.75 Å². The van der Waals surface area contributed by atoms with Gasteiger partial charge in [0.05, 0.1) is 18.2 Å². The minimum absolute atomic E-state index is 0.126. The highest BCUT2D eigenvalue weighted by Crippen LogP contribution is 2.26. The Morgan fingerprint density at radius 1 is 1.33 bits per heavy atom. The third-order valence-electron chi connectivity index (χ3n) is 3.87. The standard InChI is InChI=1S/C17H24ClNO2/c1-4-21-17-6-5-14(8-15(17)18)16(20)11-19-9-12(2)7-13(3)10-19/h5-6,8,12-13H,4,7,9-11H2,1-3H3. The predicted octanol–water partition coefficient (Wildman–Crippen LogP) is 3.90. The van der Waals surface area contributed by atoms with Crippen LogP contribution in [0.5, 0.6) is 5.75 Å². The Morgan fingerprint density at radius 3 is 2.57 bits per heavy atom. The number of carbonyl (C=O) groups is 1. The van der Waals surface area contributed by atoms with Gasteiger partial charge in [-0.05, 0) is 43.4 Å². The first-order valence-electron chi connectivity index (χ1n) is 7.67. The highest BCUT2D eigenvalue weighted by Gasteiger charge is 2.23. The first kappa shape index (κ1) is 16.3. The van der Waals surface area contributed by atoms with Crippen molar-refractivity contribution in [2.75, 3.05) is 26.2 Å². The van der Waals surface area contributed by atoms with E-state index in [-0.39, 0.29) is 5.78 Å².